The van der Waals surface area contributed by atoms with E-state index in [4.69, 9.17) is 0 Å². The quantitative estimate of drug-likeness (QED) is 0.786. The Morgan fingerprint density at radius 1 is 0.960 bits per heavy atom. The van der Waals surface area contributed by atoms with E-state index >= 15 is 0 Å². The molecule has 3 N–H and O–H groups in total. The van der Waals surface area contributed by atoms with Crippen LogP contribution in [-0.2, 0) is 4.79 Å². The van der Waals surface area contributed by atoms with E-state index in [-0.39, 0.29) is 11.9 Å². The Hall–Kier alpha value is -2.13. The van der Waals surface area contributed by atoms with Crippen molar-refractivity contribution < 1.29 is 10.1 Å². The van der Waals surface area contributed by atoms with E-state index in [0.29, 0.717) is 18.4 Å². The maximum absolute atomic E-state index is 12.3. The van der Waals surface area contributed by atoms with E-state index in [1.54, 1.807) is 0 Å². The Morgan fingerprint density at radius 3 is 2.12 bits per heavy atom. The van der Waals surface area contributed by atoms with E-state index in [1.807, 2.05) is 31.2 Å². The van der Waals surface area contributed by atoms with Gasteiger partial charge >= 0.3 is 0 Å². The van der Waals surface area contributed by atoms with Crippen molar-refractivity contribution in [3.63, 3.8) is 0 Å². The van der Waals surface area contributed by atoms with Gasteiger partial charge in [-0.2, -0.15) is 0 Å². The zero-order chi connectivity index (χ0) is 18.4. The van der Waals surface area contributed by atoms with Gasteiger partial charge in [-0.25, -0.2) is 0 Å². The molecule has 2 rings (SSSR count). The molecular formula is C22H31N2O+. The predicted molar refractivity (Wildman–Crippen MR) is 105 cm³/mol. The van der Waals surface area contributed by atoms with E-state index in [0.717, 1.165) is 11.3 Å². The Bertz CT molecular complexity index is 689. The molecule has 0 saturated heterocycles. The van der Waals surface area contributed by atoms with Crippen LogP contribution in [0.2, 0.25) is 0 Å². The van der Waals surface area contributed by atoms with Crippen LogP contribution in [-0.4, -0.2) is 12.5 Å². The first kappa shape index (κ1) is 19.2. The van der Waals surface area contributed by atoms with Crippen LogP contribution in [0.25, 0.3) is 0 Å². The van der Waals surface area contributed by atoms with Crippen LogP contribution >= 0.6 is 0 Å². The van der Waals surface area contributed by atoms with Gasteiger partial charge in [-0.3, -0.25) is 4.79 Å². The molecule has 0 heterocycles. The zero-order valence-corrected chi connectivity index (χ0v) is 16.0. The van der Waals surface area contributed by atoms with Gasteiger partial charge in [-0.05, 0) is 30.0 Å². The molecule has 134 valence electrons. The first-order chi connectivity index (χ1) is 11.9. The van der Waals surface area contributed by atoms with Crippen molar-refractivity contribution in [3.8, 4) is 0 Å². The fraction of sp³-hybridized carbons (Fsp3) is 0.409. The summed E-state index contributed by atoms with van der Waals surface area (Å²) in [4.78, 5) is 12.3. The minimum atomic E-state index is 0.0405. The Balaban J connectivity index is 1.99. The maximum Gasteiger partial charge on any atom is 0.279 e. The summed E-state index contributed by atoms with van der Waals surface area (Å²) in [6.45, 7) is 11.2. The van der Waals surface area contributed by atoms with Crippen LogP contribution in [0.3, 0.4) is 0 Å². The monoisotopic (exact) mass is 339 g/mol. The third-order valence-corrected chi connectivity index (χ3v) is 4.68. The summed E-state index contributed by atoms with van der Waals surface area (Å²) in [5, 5.41) is 5.15. The number of quaternary nitrogens is 1. The minimum absolute atomic E-state index is 0.0405. The van der Waals surface area contributed by atoms with Crippen molar-refractivity contribution in [3.05, 3.63) is 65.2 Å². The average molecular weight is 340 g/mol. The summed E-state index contributed by atoms with van der Waals surface area (Å²) in [6, 6.07) is 17.0. The number of anilines is 1. The van der Waals surface area contributed by atoms with Gasteiger partial charge in [0, 0.05) is 17.2 Å². The molecule has 0 aliphatic heterocycles. The SMILES string of the molecule is Cc1ccccc1NC(=O)C[NH2+][C@H](c1ccc(C(C)C)cc1)C(C)C. The summed E-state index contributed by atoms with van der Waals surface area (Å²) >= 11 is 0. The first-order valence-electron chi connectivity index (χ1n) is 9.17. The highest BCUT2D eigenvalue weighted by Gasteiger charge is 2.20. The van der Waals surface area contributed by atoms with Crippen LogP contribution in [0.15, 0.2) is 48.5 Å². The number of nitrogens with two attached hydrogens (primary N) is 1. The van der Waals surface area contributed by atoms with Crippen molar-refractivity contribution in [1.29, 1.82) is 0 Å². The highest BCUT2D eigenvalue weighted by molar-refractivity contribution is 5.92. The van der Waals surface area contributed by atoms with Gasteiger partial charge in [0.25, 0.3) is 5.91 Å². The fourth-order valence-corrected chi connectivity index (χ4v) is 3.04. The van der Waals surface area contributed by atoms with Gasteiger partial charge in [-0.15, -0.1) is 0 Å². The largest absolute Gasteiger partial charge is 0.332 e. The highest BCUT2D eigenvalue weighted by atomic mass is 16.1. The number of aryl methyl sites for hydroxylation is 1. The average Bonchev–Trinajstić information content (AvgIpc) is 2.57. The van der Waals surface area contributed by atoms with Crippen LogP contribution in [0.1, 0.15) is 56.3 Å². The summed E-state index contributed by atoms with van der Waals surface area (Å²) in [6.07, 6.45) is 0. The summed E-state index contributed by atoms with van der Waals surface area (Å²) in [5.41, 5.74) is 4.61. The van der Waals surface area contributed by atoms with Crippen molar-refractivity contribution in [2.75, 3.05) is 11.9 Å². The lowest BCUT2D eigenvalue weighted by Gasteiger charge is -2.20. The molecule has 0 aliphatic rings. The molecule has 1 atom stereocenters. The second-order valence-corrected chi connectivity index (χ2v) is 7.39. The molecule has 0 aliphatic carbocycles. The molecule has 0 radical (unpaired) electrons. The number of hydrogen-bond donors (Lipinski definition) is 2. The number of carbonyl (C=O) groups excluding carboxylic acids is 1. The Morgan fingerprint density at radius 2 is 1.56 bits per heavy atom. The zero-order valence-electron chi connectivity index (χ0n) is 16.0. The molecule has 1 amide bonds. The van der Waals surface area contributed by atoms with Crippen molar-refractivity contribution in [2.24, 2.45) is 5.92 Å². The second kappa shape index (κ2) is 8.82. The Labute approximate surface area is 151 Å². The predicted octanol–water partition coefficient (Wildman–Crippen LogP) is 4.02. The molecule has 0 bridgehead atoms. The smallest absolute Gasteiger partial charge is 0.279 e. The van der Waals surface area contributed by atoms with Gasteiger partial charge in [0.1, 0.15) is 6.04 Å². The van der Waals surface area contributed by atoms with Crippen molar-refractivity contribution >= 4 is 11.6 Å². The molecule has 3 nitrogen and oxygen atoms in total. The number of amides is 1. The summed E-state index contributed by atoms with van der Waals surface area (Å²) < 4.78 is 0. The van der Waals surface area contributed by atoms with Gasteiger partial charge in [0.05, 0.1) is 0 Å². The lowest BCUT2D eigenvalue weighted by atomic mass is 9.93. The molecule has 0 fully saturated rings. The van der Waals surface area contributed by atoms with Gasteiger partial charge in [-0.1, -0.05) is 70.2 Å². The number of carbonyl (C=O) groups is 1. The molecule has 0 aromatic heterocycles. The number of nitrogens with one attached hydrogen (secondary N) is 1. The molecule has 3 heteroatoms. The van der Waals surface area contributed by atoms with Crippen LogP contribution in [0.5, 0.6) is 0 Å². The van der Waals surface area contributed by atoms with Gasteiger partial charge < -0.3 is 10.6 Å². The molecule has 0 saturated carbocycles. The van der Waals surface area contributed by atoms with Gasteiger partial charge in [0.15, 0.2) is 6.54 Å². The molecule has 0 spiro atoms. The maximum atomic E-state index is 12.3. The molecule has 2 aromatic carbocycles. The topological polar surface area (TPSA) is 45.7 Å². The first-order valence-corrected chi connectivity index (χ1v) is 9.17. The number of benzene rings is 2. The number of rotatable bonds is 7. The van der Waals surface area contributed by atoms with Crippen LogP contribution < -0.4 is 10.6 Å². The number of hydrogen-bond acceptors (Lipinski definition) is 1. The standard InChI is InChI=1S/C22H30N2O/c1-15(2)18-10-12-19(13-11-18)22(16(3)4)23-14-21(25)24-20-9-7-6-8-17(20)5/h6-13,15-16,22-23H,14H2,1-5H3,(H,24,25)/p+1/t22-/m0/s1. The lowest BCUT2D eigenvalue weighted by molar-refractivity contribution is -0.692. The lowest BCUT2D eigenvalue weighted by Crippen LogP contribution is -2.88. The normalized spacial score (nSPS) is 12.4. The second-order valence-electron chi connectivity index (χ2n) is 7.39. The summed E-state index contributed by atoms with van der Waals surface area (Å²) in [7, 11) is 0. The number of para-hydroxylation sites is 1. The highest BCUT2D eigenvalue weighted by Crippen LogP contribution is 2.21. The van der Waals surface area contributed by atoms with Crippen molar-refractivity contribution in [1.82, 2.24) is 0 Å². The molecule has 0 unspecified atom stereocenters. The van der Waals surface area contributed by atoms with E-state index in [2.05, 4.69) is 62.6 Å². The Kier molecular flexibility index (Phi) is 6.77. The third kappa shape index (κ3) is 5.43. The third-order valence-electron chi connectivity index (χ3n) is 4.68. The van der Waals surface area contributed by atoms with Crippen LogP contribution in [0.4, 0.5) is 5.69 Å². The molecule has 25 heavy (non-hydrogen) atoms. The molecule has 2 aromatic rings. The summed E-state index contributed by atoms with van der Waals surface area (Å²) in [5.74, 6) is 1.03. The fourth-order valence-electron chi connectivity index (χ4n) is 3.04. The van der Waals surface area contributed by atoms with Gasteiger partial charge in [0.2, 0.25) is 0 Å². The van der Waals surface area contributed by atoms with Crippen LogP contribution in [0, 0.1) is 12.8 Å². The minimum Gasteiger partial charge on any atom is -0.332 e. The van der Waals surface area contributed by atoms with E-state index < -0.39 is 0 Å². The van der Waals surface area contributed by atoms with E-state index in [9.17, 15) is 4.79 Å². The van der Waals surface area contributed by atoms with Crippen molar-refractivity contribution in [2.45, 2.75) is 46.6 Å². The molecular weight excluding hydrogens is 308 g/mol. The van der Waals surface area contributed by atoms with E-state index in [1.165, 1.54) is 11.1 Å².